The number of halogens is 1. The van der Waals surface area contributed by atoms with Crippen LogP contribution in [-0.2, 0) is 19.4 Å². The van der Waals surface area contributed by atoms with Crippen LogP contribution in [0.1, 0.15) is 19.8 Å². The van der Waals surface area contributed by atoms with Crippen LogP contribution in [0.2, 0.25) is 0 Å². The number of carbonyl (C=O) groups excluding carboxylic acids is 2. The second kappa shape index (κ2) is 6.66. The molecule has 1 heterocycles. The molecule has 0 aromatic heterocycles. The Morgan fingerprint density at radius 3 is 2.22 bits per heavy atom. The molecule has 0 spiro atoms. The third kappa shape index (κ3) is 3.69. The highest BCUT2D eigenvalue weighted by Crippen LogP contribution is 2.22. The highest BCUT2D eigenvalue weighted by molar-refractivity contribution is 7.92. The van der Waals surface area contributed by atoms with Crippen LogP contribution < -0.4 is 5.73 Å². The predicted octanol–water partition coefficient (Wildman–Crippen LogP) is 0.712. The van der Waals surface area contributed by atoms with Crippen molar-refractivity contribution in [2.75, 3.05) is 13.1 Å². The van der Waals surface area contributed by atoms with Crippen LogP contribution in [0.15, 0.2) is 29.2 Å². The van der Waals surface area contributed by atoms with Crippen molar-refractivity contribution in [1.82, 2.24) is 4.90 Å². The summed E-state index contributed by atoms with van der Waals surface area (Å²) < 4.78 is 37.8. The highest BCUT2D eigenvalue weighted by atomic mass is 32.2. The number of nitrogens with zero attached hydrogens (tertiary/aromatic N) is 1. The molecular formula is C15H19FN2O4S. The first-order valence-electron chi connectivity index (χ1n) is 7.31. The number of rotatable bonds is 4. The van der Waals surface area contributed by atoms with Gasteiger partial charge in [0.1, 0.15) is 11.1 Å². The number of piperidine rings is 1. The van der Waals surface area contributed by atoms with Crippen molar-refractivity contribution in [1.29, 1.82) is 0 Å². The zero-order valence-electron chi connectivity index (χ0n) is 12.7. The number of benzene rings is 1. The summed E-state index contributed by atoms with van der Waals surface area (Å²) in [4.78, 5) is 24.9. The summed E-state index contributed by atoms with van der Waals surface area (Å²) in [7, 11) is -3.88. The van der Waals surface area contributed by atoms with Gasteiger partial charge in [0.25, 0.3) is 0 Å². The lowest BCUT2D eigenvalue weighted by molar-refractivity contribution is -0.134. The maximum absolute atomic E-state index is 12.9. The molecule has 1 aliphatic rings. The fourth-order valence-electron chi connectivity index (χ4n) is 2.60. The highest BCUT2D eigenvalue weighted by Gasteiger charge is 2.35. The maximum Gasteiger partial charge on any atom is 0.241 e. The average molecular weight is 342 g/mol. The topological polar surface area (TPSA) is 97.5 Å². The van der Waals surface area contributed by atoms with E-state index in [4.69, 9.17) is 5.73 Å². The van der Waals surface area contributed by atoms with Crippen LogP contribution in [0.4, 0.5) is 4.39 Å². The predicted molar refractivity (Wildman–Crippen MR) is 81.5 cm³/mol. The van der Waals surface area contributed by atoms with Gasteiger partial charge in [0.05, 0.1) is 4.90 Å². The molecule has 1 aromatic rings. The summed E-state index contributed by atoms with van der Waals surface area (Å²) in [6.07, 6.45) is 0.870. The first-order chi connectivity index (χ1) is 10.7. The van der Waals surface area contributed by atoms with E-state index in [-0.39, 0.29) is 10.8 Å². The fraction of sp³-hybridized carbons (Fsp3) is 0.467. The molecule has 2 amide bonds. The van der Waals surface area contributed by atoms with E-state index in [1.807, 2.05) is 0 Å². The molecule has 8 heteroatoms. The van der Waals surface area contributed by atoms with E-state index in [0.717, 1.165) is 24.3 Å². The lowest BCUT2D eigenvalue weighted by Gasteiger charge is -2.32. The molecule has 1 atom stereocenters. The second-order valence-electron chi connectivity index (χ2n) is 5.64. The van der Waals surface area contributed by atoms with E-state index < -0.39 is 32.7 Å². The van der Waals surface area contributed by atoms with Gasteiger partial charge in [-0.05, 0) is 44.0 Å². The van der Waals surface area contributed by atoms with Crippen LogP contribution in [0.5, 0.6) is 0 Å². The molecular weight excluding hydrogens is 323 g/mol. The minimum Gasteiger partial charge on any atom is -0.369 e. The molecule has 6 nitrogen and oxygen atoms in total. The minimum atomic E-state index is -3.88. The van der Waals surface area contributed by atoms with Crippen molar-refractivity contribution in [2.24, 2.45) is 11.7 Å². The van der Waals surface area contributed by atoms with Crippen LogP contribution in [0.25, 0.3) is 0 Å². The summed E-state index contributed by atoms with van der Waals surface area (Å²) in [5.41, 5.74) is 5.24. The quantitative estimate of drug-likeness (QED) is 0.815. The number of likely N-dealkylation sites (tertiary alicyclic amines) is 1. The van der Waals surface area contributed by atoms with Gasteiger partial charge in [-0.3, -0.25) is 9.59 Å². The number of hydrogen-bond acceptors (Lipinski definition) is 4. The van der Waals surface area contributed by atoms with Gasteiger partial charge in [-0.2, -0.15) is 0 Å². The molecule has 1 saturated heterocycles. The molecule has 1 fully saturated rings. The molecule has 2 N–H and O–H groups in total. The Balaban J connectivity index is 2.10. The summed E-state index contributed by atoms with van der Waals surface area (Å²) in [5.74, 6) is -1.74. The zero-order chi connectivity index (χ0) is 17.2. The summed E-state index contributed by atoms with van der Waals surface area (Å²) in [5, 5.41) is -1.27. The van der Waals surface area contributed by atoms with Gasteiger partial charge in [-0.25, -0.2) is 12.8 Å². The van der Waals surface area contributed by atoms with Gasteiger partial charge in [0, 0.05) is 19.0 Å². The first kappa shape index (κ1) is 17.4. The van der Waals surface area contributed by atoms with E-state index in [9.17, 15) is 22.4 Å². The summed E-state index contributed by atoms with van der Waals surface area (Å²) >= 11 is 0. The van der Waals surface area contributed by atoms with Gasteiger partial charge in [0.15, 0.2) is 9.84 Å². The van der Waals surface area contributed by atoms with Crippen molar-refractivity contribution in [3.8, 4) is 0 Å². The average Bonchev–Trinajstić information content (AvgIpc) is 2.54. The molecule has 0 radical (unpaired) electrons. The van der Waals surface area contributed by atoms with E-state index in [1.165, 1.54) is 11.8 Å². The van der Waals surface area contributed by atoms with Gasteiger partial charge < -0.3 is 10.6 Å². The van der Waals surface area contributed by atoms with E-state index in [0.29, 0.717) is 25.9 Å². The molecule has 1 aromatic carbocycles. The van der Waals surface area contributed by atoms with Crippen molar-refractivity contribution >= 4 is 21.7 Å². The Morgan fingerprint density at radius 1 is 1.22 bits per heavy atom. The van der Waals surface area contributed by atoms with Crippen LogP contribution in [0, 0.1) is 11.7 Å². The fourth-order valence-corrected chi connectivity index (χ4v) is 3.94. The van der Waals surface area contributed by atoms with Crippen molar-refractivity contribution < 1.29 is 22.4 Å². The molecule has 23 heavy (non-hydrogen) atoms. The number of sulfone groups is 1. The van der Waals surface area contributed by atoms with Gasteiger partial charge >= 0.3 is 0 Å². The van der Waals surface area contributed by atoms with E-state index >= 15 is 0 Å². The molecule has 2 rings (SSSR count). The van der Waals surface area contributed by atoms with Gasteiger partial charge in [0.2, 0.25) is 11.8 Å². The van der Waals surface area contributed by atoms with E-state index in [2.05, 4.69) is 0 Å². The normalized spacial score (nSPS) is 17.7. The molecule has 0 bridgehead atoms. The van der Waals surface area contributed by atoms with Crippen LogP contribution >= 0.6 is 0 Å². The van der Waals surface area contributed by atoms with E-state index in [1.54, 1.807) is 0 Å². The third-order valence-electron chi connectivity index (χ3n) is 4.16. The number of primary amides is 1. The Kier molecular flexibility index (Phi) is 5.03. The Hall–Kier alpha value is -1.96. The van der Waals surface area contributed by atoms with Gasteiger partial charge in [-0.1, -0.05) is 0 Å². The number of hydrogen-bond donors (Lipinski definition) is 1. The number of carbonyl (C=O) groups is 2. The SMILES string of the molecule is CC(C(=O)N1CCC(C(N)=O)CC1)S(=O)(=O)c1ccc(F)cc1. The van der Waals surface area contributed by atoms with Crippen molar-refractivity contribution in [2.45, 2.75) is 29.9 Å². The Bertz CT molecular complexity index is 695. The standard InChI is InChI=1S/C15H19FN2O4S/c1-10(23(21,22)13-4-2-12(16)3-5-13)15(20)18-8-6-11(7-9-18)14(17)19/h2-5,10-11H,6-9H2,1H3,(H2,17,19). The molecule has 0 saturated carbocycles. The zero-order valence-corrected chi connectivity index (χ0v) is 13.6. The minimum absolute atomic E-state index is 0.0910. The first-order valence-corrected chi connectivity index (χ1v) is 8.85. The molecule has 1 aliphatic heterocycles. The maximum atomic E-state index is 12.9. The Labute approximate surface area is 134 Å². The molecule has 126 valence electrons. The van der Waals surface area contributed by atoms with Crippen molar-refractivity contribution in [3.05, 3.63) is 30.1 Å². The summed E-state index contributed by atoms with van der Waals surface area (Å²) in [6, 6.07) is 4.38. The van der Waals surface area contributed by atoms with Crippen LogP contribution in [-0.4, -0.2) is 43.5 Å². The van der Waals surface area contributed by atoms with Crippen LogP contribution in [0.3, 0.4) is 0 Å². The number of nitrogens with two attached hydrogens (primary N) is 1. The largest absolute Gasteiger partial charge is 0.369 e. The lowest BCUT2D eigenvalue weighted by atomic mass is 9.96. The Morgan fingerprint density at radius 2 is 1.74 bits per heavy atom. The third-order valence-corrected chi connectivity index (χ3v) is 6.23. The molecule has 1 unspecified atom stereocenters. The van der Waals surface area contributed by atoms with Gasteiger partial charge in [-0.15, -0.1) is 0 Å². The van der Waals surface area contributed by atoms with Crippen molar-refractivity contribution in [3.63, 3.8) is 0 Å². The molecule has 0 aliphatic carbocycles. The smallest absolute Gasteiger partial charge is 0.241 e. The lowest BCUT2D eigenvalue weighted by Crippen LogP contribution is -2.47. The number of amides is 2. The second-order valence-corrected chi connectivity index (χ2v) is 7.91. The summed E-state index contributed by atoms with van der Waals surface area (Å²) in [6.45, 7) is 1.92. The monoisotopic (exact) mass is 342 g/mol.